The van der Waals surface area contributed by atoms with E-state index in [1.165, 1.54) is 0 Å². The molecule has 0 saturated carbocycles. The number of hydrogen-bond donors (Lipinski definition) is 1. The Morgan fingerprint density at radius 3 is 2.53 bits per heavy atom. The molecule has 2 aromatic heterocycles. The maximum absolute atomic E-state index is 13.0. The Hall–Kier alpha value is -3.48. The van der Waals surface area contributed by atoms with Gasteiger partial charge in [0, 0.05) is 48.5 Å². The third-order valence-corrected chi connectivity index (χ3v) is 5.60. The Morgan fingerprint density at radius 1 is 1.10 bits per heavy atom. The number of aromatic nitrogens is 2. The highest BCUT2D eigenvalue weighted by atomic mass is 16.2. The first-order valence-corrected chi connectivity index (χ1v) is 10.0. The van der Waals surface area contributed by atoms with Crippen LogP contribution in [0.1, 0.15) is 38.9 Å². The van der Waals surface area contributed by atoms with Gasteiger partial charge >= 0.3 is 0 Å². The summed E-state index contributed by atoms with van der Waals surface area (Å²) in [5.41, 5.74) is 3.32. The van der Waals surface area contributed by atoms with Gasteiger partial charge in [-0.3, -0.25) is 14.4 Å². The Labute approximate surface area is 174 Å². The van der Waals surface area contributed by atoms with E-state index in [-0.39, 0.29) is 11.9 Å². The minimum absolute atomic E-state index is 0.0606. The first-order chi connectivity index (χ1) is 14.4. The van der Waals surface area contributed by atoms with E-state index in [0.29, 0.717) is 41.8 Å². The quantitative estimate of drug-likeness (QED) is 0.537. The maximum atomic E-state index is 13.0. The van der Waals surface area contributed by atoms with Gasteiger partial charge in [0.05, 0.1) is 5.56 Å². The predicted molar refractivity (Wildman–Crippen MR) is 113 cm³/mol. The van der Waals surface area contributed by atoms with Gasteiger partial charge in [0.15, 0.2) is 0 Å². The zero-order valence-electron chi connectivity index (χ0n) is 17.3. The minimum Gasteiger partial charge on any atom is -0.345 e. The SMILES string of the molecule is Cc1cc(C)c2c(C(=O)C(=O)N3CCN(C(=O)c4ccccc4)CC3C)c[nH]c2n1. The van der Waals surface area contributed by atoms with Crippen LogP contribution in [0.5, 0.6) is 0 Å². The monoisotopic (exact) mass is 404 g/mol. The molecule has 7 nitrogen and oxygen atoms in total. The molecule has 1 aliphatic rings. The van der Waals surface area contributed by atoms with E-state index in [2.05, 4.69) is 9.97 Å². The molecule has 0 spiro atoms. The predicted octanol–water partition coefficient (Wildman–Crippen LogP) is 2.74. The number of amides is 2. The number of benzene rings is 1. The van der Waals surface area contributed by atoms with Gasteiger partial charge in [-0.05, 0) is 44.5 Å². The van der Waals surface area contributed by atoms with Crippen molar-refractivity contribution in [2.75, 3.05) is 19.6 Å². The number of carbonyl (C=O) groups is 3. The molecule has 1 unspecified atom stereocenters. The second-order valence-electron chi connectivity index (χ2n) is 7.80. The summed E-state index contributed by atoms with van der Waals surface area (Å²) in [6.07, 6.45) is 1.56. The van der Waals surface area contributed by atoms with E-state index < -0.39 is 11.7 Å². The number of H-pyrrole nitrogens is 1. The summed E-state index contributed by atoms with van der Waals surface area (Å²) in [6.45, 7) is 6.76. The number of nitrogens with zero attached hydrogens (tertiary/aromatic N) is 3. The zero-order valence-corrected chi connectivity index (χ0v) is 17.3. The molecular formula is C23H24N4O3. The van der Waals surface area contributed by atoms with E-state index in [1.807, 2.05) is 45.0 Å². The topological polar surface area (TPSA) is 86.4 Å². The molecule has 1 aromatic carbocycles. The summed E-state index contributed by atoms with van der Waals surface area (Å²) in [6, 6.07) is 10.7. The average molecular weight is 404 g/mol. The number of hydrogen-bond acceptors (Lipinski definition) is 4. The number of ketones is 1. The van der Waals surface area contributed by atoms with Crippen LogP contribution in [-0.2, 0) is 4.79 Å². The minimum atomic E-state index is -0.551. The number of Topliss-reactive ketones (excluding diaryl/α,β-unsaturated/α-hetero) is 1. The fraction of sp³-hybridized carbons (Fsp3) is 0.304. The van der Waals surface area contributed by atoms with Crippen molar-refractivity contribution in [1.82, 2.24) is 19.8 Å². The van der Waals surface area contributed by atoms with Crippen molar-refractivity contribution in [2.24, 2.45) is 0 Å². The van der Waals surface area contributed by atoms with E-state index in [4.69, 9.17) is 0 Å². The molecule has 2 amide bonds. The summed E-state index contributed by atoms with van der Waals surface area (Å²) >= 11 is 0. The molecule has 0 bridgehead atoms. The second-order valence-corrected chi connectivity index (χ2v) is 7.80. The summed E-state index contributed by atoms with van der Waals surface area (Å²) < 4.78 is 0. The number of fused-ring (bicyclic) bond motifs is 1. The second kappa shape index (κ2) is 7.74. The maximum Gasteiger partial charge on any atom is 0.295 e. The molecule has 1 fully saturated rings. The number of nitrogens with one attached hydrogen (secondary N) is 1. The lowest BCUT2D eigenvalue weighted by atomic mass is 10.0. The van der Waals surface area contributed by atoms with Gasteiger partial charge in [-0.1, -0.05) is 18.2 Å². The molecule has 3 aromatic rings. The third kappa shape index (κ3) is 3.47. The van der Waals surface area contributed by atoms with E-state index >= 15 is 0 Å². The summed E-state index contributed by atoms with van der Waals surface area (Å²) in [5.74, 6) is -1.16. The van der Waals surface area contributed by atoms with Gasteiger partial charge in [-0.15, -0.1) is 0 Å². The van der Waals surface area contributed by atoms with Crippen molar-refractivity contribution >= 4 is 28.6 Å². The molecule has 1 aliphatic heterocycles. The molecule has 7 heteroatoms. The van der Waals surface area contributed by atoms with E-state index in [0.717, 1.165) is 11.3 Å². The largest absolute Gasteiger partial charge is 0.345 e. The number of pyridine rings is 1. The van der Waals surface area contributed by atoms with Crippen LogP contribution in [0.2, 0.25) is 0 Å². The van der Waals surface area contributed by atoms with Crippen LogP contribution < -0.4 is 0 Å². The van der Waals surface area contributed by atoms with Crippen molar-refractivity contribution in [3.8, 4) is 0 Å². The van der Waals surface area contributed by atoms with Crippen molar-refractivity contribution in [3.63, 3.8) is 0 Å². The van der Waals surface area contributed by atoms with E-state index in [1.54, 1.807) is 28.1 Å². The highest BCUT2D eigenvalue weighted by Gasteiger charge is 2.34. The standard InChI is InChI=1S/C23H24N4O3/c1-14-11-15(2)25-21-19(14)18(12-24-21)20(28)23(30)27-10-9-26(13-16(27)3)22(29)17-7-5-4-6-8-17/h4-8,11-12,16H,9-10,13H2,1-3H3,(H,24,25). The fourth-order valence-electron chi connectivity index (χ4n) is 4.13. The lowest BCUT2D eigenvalue weighted by Crippen LogP contribution is -2.56. The van der Waals surface area contributed by atoms with Crippen molar-refractivity contribution in [1.29, 1.82) is 0 Å². The van der Waals surface area contributed by atoms with Gasteiger partial charge in [-0.2, -0.15) is 0 Å². The van der Waals surface area contributed by atoms with E-state index in [9.17, 15) is 14.4 Å². The first kappa shape index (κ1) is 19.8. The molecule has 0 radical (unpaired) electrons. The smallest absolute Gasteiger partial charge is 0.295 e. The highest BCUT2D eigenvalue weighted by Crippen LogP contribution is 2.23. The van der Waals surface area contributed by atoms with Crippen molar-refractivity contribution in [2.45, 2.75) is 26.8 Å². The number of carbonyl (C=O) groups excluding carboxylic acids is 3. The van der Waals surface area contributed by atoms with Gasteiger partial charge in [0.1, 0.15) is 5.65 Å². The Kier molecular flexibility index (Phi) is 5.11. The fourth-order valence-corrected chi connectivity index (χ4v) is 4.13. The summed E-state index contributed by atoms with van der Waals surface area (Å²) in [4.78, 5) is 49.4. The van der Waals surface area contributed by atoms with Crippen LogP contribution in [0, 0.1) is 13.8 Å². The van der Waals surface area contributed by atoms with Gasteiger partial charge in [-0.25, -0.2) is 4.98 Å². The highest BCUT2D eigenvalue weighted by molar-refractivity contribution is 6.45. The first-order valence-electron chi connectivity index (χ1n) is 10.0. The Balaban J connectivity index is 1.51. The molecule has 1 atom stereocenters. The number of rotatable bonds is 3. The number of piperazine rings is 1. The van der Waals surface area contributed by atoms with Gasteiger partial charge in [0.25, 0.3) is 17.6 Å². The lowest BCUT2D eigenvalue weighted by molar-refractivity contribution is -0.130. The van der Waals surface area contributed by atoms with Gasteiger partial charge < -0.3 is 14.8 Å². The van der Waals surface area contributed by atoms with Crippen LogP contribution in [0.4, 0.5) is 0 Å². The molecule has 3 heterocycles. The third-order valence-electron chi connectivity index (χ3n) is 5.60. The average Bonchev–Trinajstić information content (AvgIpc) is 3.17. The number of aromatic amines is 1. The summed E-state index contributed by atoms with van der Waals surface area (Å²) in [7, 11) is 0. The molecule has 30 heavy (non-hydrogen) atoms. The van der Waals surface area contributed by atoms with Crippen LogP contribution in [0.3, 0.4) is 0 Å². The molecule has 0 aliphatic carbocycles. The molecule has 154 valence electrons. The molecular weight excluding hydrogens is 380 g/mol. The van der Waals surface area contributed by atoms with Crippen LogP contribution in [0.25, 0.3) is 11.0 Å². The number of aryl methyl sites for hydroxylation is 2. The summed E-state index contributed by atoms with van der Waals surface area (Å²) in [5, 5.41) is 0.685. The Morgan fingerprint density at radius 2 is 1.83 bits per heavy atom. The lowest BCUT2D eigenvalue weighted by Gasteiger charge is -2.39. The molecule has 4 rings (SSSR count). The Bertz CT molecular complexity index is 1140. The van der Waals surface area contributed by atoms with Crippen LogP contribution in [-0.4, -0.2) is 63.0 Å². The van der Waals surface area contributed by atoms with Gasteiger partial charge in [0.2, 0.25) is 0 Å². The molecule has 1 N–H and O–H groups in total. The van der Waals surface area contributed by atoms with Crippen molar-refractivity contribution in [3.05, 3.63) is 65.0 Å². The molecule has 1 saturated heterocycles. The zero-order chi connectivity index (χ0) is 21.4. The van der Waals surface area contributed by atoms with Crippen molar-refractivity contribution < 1.29 is 14.4 Å². The normalized spacial score (nSPS) is 16.7. The van der Waals surface area contributed by atoms with Crippen LogP contribution >= 0.6 is 0 Å². The van der Waals surface area contributed by atoms with Crippen LogP contribution in [0.15, 0.2) is 42.6 Å².